The topological polar surface area (TPSA) is 167 Å². The van der Waals surface area contributed by atoms with Crippen molar-refractivity contribution in [2.24, 2.45) is 5.92 Å². The van der Waals surface area contributed by atoms with Crippen LogP contribution in [0.25, 0.3) is 11.1 Å². The van der Waals surface area contributed by atoms with Crippen molar-refractivity contribution in [2.75, 3.05) is 32.1 Å². The minimum Gasteiger partial charge on any atom is -0.423 e. The van der Waals surface area contributed by atoms with Crippen LogP contribution in [0.3, 0.4) is 0 Å². The lowest BCUT2D eigenvalue weighted by atomic mass is 9.80. The molecule has 1 aromatic carbocycles. The highest BCUT2D eigenvalue weighted by molar-refractivity contribution is 6.58. The van der Waals surface area contributed by atoms with Crippen molar-refractivity contribution in [1.82, 2.24) is 15.2 Å². The number of anilines is 1. The van der Waals surface area contributed by atoms with E-state index >= 15 is 0 Å². The van der Waals surface area contributed by atoms with Crippen LogP contribution in [0.5, 0.6) is 0 Å². The first-order chi connectivity index (χ1) is 16.8. The summed E-state index contributed by atoms with van der Waals surface area (Å²) in [6.07, 6.45) is 8.69. The van der Waals surface area contributed by atoms with Gasteiger partial charge in [-0.25, -0.2) is 0 Å². The second-order valence-electron chi connectivity index (χ2n) is 8.30. The van der Waals surface area contributed by atoms with Crippen molar-refractivity contribution in [3.05, 3.63) is 54.0 Å². The van der Waals surface area contributed by atoms with Gasteiger partial charge < -0.3 is 30.6 Å². The molecule has 1 aliphatic rings. The predicted molar refractivity (Wildman–Crippen MR) is 138 cm³/mol. The minimum absolute atomic E-state index is 0.00131. The molecule has 0 spiro atoms. The summed E-state index contributed by atoms with van der Waals surface area (Å²) >= 11 is 0. The van der Waals surface area contributed by atoms with Crippen molar-refractivity contribution in [3.8, 4) is 17.2 Å². The monoisotopic (exact) mass is 472 g/mol. The third kappa shape index (κ3) is 5.56. The number of aromatic nitrogens is 1. The smallest absolute Gasteiger partial charge is 0.423 e. The number of hydrogen-bond donors (Lipinski definition) is 6. The molecule has 6 N–H and O–H groups in total. The van der Waals surface area contributed by atoms with Crippen molar-refractivity contribution in [1.29, 1.82) is 21.5 Å². The Balaban J connectivity index is 2.09. The SMILES string of the molecule is CN/C=C\C(=N)c1ccc(-c2cncc(B(O)O)c2)c(N2CCC(C(=N)N(C)C=N)CC2)c1C#N. The van der Waals surface area contributed by atoms with Gasteiger partial charge in [-0.3, -0.25) is 15.8 Å². The number of hydrogen-bond acceptors (Lipinski definition) is 9. The van der Waals surface area contributed by atoms with Gasteiger partial charge in [0.05, 0.1) is 23.3 Å². The number of nitrogens with one attached hydrogen (secondary N) is 4. The summed E-state index contributed by atoms with van der Waals surface area (Å²) < 4.78 is 0. The van der Waals surface area contributed by atoms with Crippen LogP contribution < -0.4 is 15.7 Å². The molecule has 180 valence electrons. The Morgan fingerprint density at radius 2 is 2.00 bits per heavy atom. The lowest BCUT2D eigenvalue weighted by Gasteiger charge is -2.37. The summed E-state index contributed by atoms with van der Waals surface area (Å²) in [7, 11) is 1.75. The molecule has 0 bridgehead atoms. The minimum atomic E-state index is -1.67. The highest BCUT2D eigenvalue weighted by Gasteiger charge is 2.28. The van der Waals surface area contributed by atoms with Crippen molar-refractivity contribution in [3.63, 3.8) is 0 Å². The summed E-state index contributed by atoms with van der Waals surface area (Å²) in [6, 6.07) is 7.48. The number of allylic oxidation sites excluding steroid dienone is 1. The Hall–Kier alpha value is -4.01. The number of rotatable bonds is 8. The molecule has 0 unspecified atom stereocenters. The maximum Gasteiger partial charge on any atom is 0.490 e. The second-order valence-corrected chi connectivity index (χ2v) is 8.30. The molecule has 1 aliphatic heterocycles. The lowest BCUT2D eigenvalue weighted by Crippen LogP contribution is -2.41. The highest BCUT2D eigenvalue weighted by atomic mass is 16.4. The van der Waals surface area contributed by atoms with Crippen LogP contribution in [0.1, 0.15) is 24.0 Å². The van der Waals surface area contributed by atoms with Crippen LogP contribution in [-0.2, 0) is 0 Å². The van der Waals surface area contributed by atoms with Crippen LogP contribution in [0.15, 0.2) is 42.9 Å². The fourth-order valence-corrected chi connectivity index (χ4v) is 4.23. The molecule has 11 heteroatoms. The molecule has 0 radical (unpaired) electrons. The fraction of sp³-hybridized carbons (Fsp3) is 0.292. The van der Waals surface area contributed by atoms with Gasteiger partial charge in [-0.05, 0) is 25.1 Å². The van der Waals surface area contributed by atoms with E-state index in [0.717, 1.165) is 6.34 Å². The van der Waals surface area contributed by atoms with Gasteiger partial charge in [0.2, 0.25) is 0 Å². The Bertz CT molecular complexity index is 1180. The number of amidine groups is 1. The van der Waals surface area contributed by atoms with E-state index in [9.17, 15) is 15.3 Å². The Morgan fingerprint density at radius 1 is 1.29 bits per heavy atom. The lowest BCUT2D eigenvalue weighted by molar-refractivity contribution is 0.425. The molecule has 2 heterocycles. The fourth-order valence-electron chi connectivity index (χ4n) is 4.23. The number of nitriles is 1. The molecule has 1 aromatic heterocycles. The maximum absolute atomic E-state index is 10.2. The molecule has 0 atom stereocenters. The zero-order valence-corrected chi connectivity index (χ0v) is 19.8. The second kappa shape index (κ2) is 11.4. The van der Waals surface area contributed by atoms with Gasteiger partial charge in [0, 0.05) is 67.6 Å². The van der Waals surface area contributed by atoms with Gasteiger partial charge in [0.1, 0.15) is 11.9 Å². The summed E-state index contributed by atoms with van der Waals surface area (Å²) in [5.74, 6) is 0.392. The average molecular weight is 472 g/mol. The van der Waals surface area contributed by atoms with E-state index in [1.54, 1.807) is 44.7 Å². The largest absolute Gasteiger partial charge is 0.490 e. The number of benzene rings is 1. The average Bonchev–Trinajstić information content (AvgIpc) is 2.90. The Kier molecular flexibility index (Phi) is 8.36. The zero-order chi connectivity index (χ0) is 25.5. The number of piperidine rings is 1. The summed E-state index contributed by atoms with van der Waals surface area (Å²) in [6.45, 7) is 1.17. The normalized spacial score (nSPS) is 13.9. The number of pyridine rings is 1. The quantitative estimate of drug-likeness (QED) is 0.190. The number of nitrogens with zero attached hydrogens (tertiary/aromatic N) is 4. The van der Waals surface area contributed by atoms with Crippen LogP contribution in [-0.4, -0.2) is 72.1 Å². The standard InChI is InChI=1S/C24H29BN8O2/c1-30-8-5-22(28)20-4-3-19(17-11-18(25(34)35)14-31-13-17)23(21(20)12-26)33-9-6-16(7-10-33)24(29)32(2)15-27/h3-5,8,11,13-16,27-30,34-35H,6-7,9-10H2,1-2H3/b8-5-,27-15?,28-22?,29-24?. The zero-order valence-electron chi connectivity index (χ0n) is 19.8. The van der Waals surface area contributed by atoms with E-state index < -0.39 is 7.12 Å². The van der Waals surface area contributed by atoms with Gasteiger partial charge in [-0.2, -0.15) is 5.26 Å². The van der Waals surface area contributed by atoms with Crippen LogP contribution in [0, 0.1) is 33.5 Å². The van der Waals surface area contributed by atoms with E-state index in [-0.39, 0.29) is 17.1 Å². The van der Waals surface area contributed by atoms with Crippen LogP contribution >= 0.6 is 0 Å². The molecule has 2 aromatic rings. The van der Waals surface area contributed by atoms with Gasteiger partial charge >= 0.3 is 7.12 Å². The molecule has 1 fully saturated rings. The molecular formula is C24H29BN8O2. The first-order valence-corrected chi connectivity index (χ1v) is 11.2. The van der Waals surface area contributed by atoms with E-state index in [1.165, 1.54) is 11.1 Å². The van der Waals surface area contributed by atoms with E-state index in [2.05, 4.69) is 21.3 Å². The summed E-state index contributed by atoms with van der Waals surface area (Å²) in [4.78, 5) is 7.73. The Labute approximate surface area is 205 Å². The summed E-state index contributed by atoms with van der Waals surface area (Å²) in [5, 5.41) is 56.5. The predicted octanol–water partition coefficient (Wildman–Crippen LogP) is 1.13. The molecule has 10 nitrogen and oxygen atoms in total. The molecular weight excluding hydrogens is 443 g/mol. The van der Waals surface area contributed by atoms with Crippen LogP contribution in [0.4, 0.5) is 5.69 Å². The van der Waals surface area contributed by atoms with Crippen molar-refractivity contribution in [2.45, 2.75) is 12.8 Å². The summed E-state index contributed by atoms with van der Waals surface area (Å²) in [5.41, 5.74) is 3.26. The van der Waals surface area contributed by atoms with Crippen LogP contribution in [0.2, 0.25) is 0 Å². The molecule has 0 amide bonds. The molecule has 0 aliphatic carbocycles. The highest BCUT2D eigenvalue weighted by Crippen LogP contribution is 2.38. The van der Waals surface area contributed by atoms with E-state index in [0.29, 0.717) is 59.7 Å². The van der Waals surface area contributed by atoms with E-state index in [1.807, 2.05) is 6.07 Å². The molecule has 0 saturated carbocycles. The van der Waals surface area contributed by atoms with Crippen molar-refractivity contribution >= 4 is 36.2 Å². The van der Waals surface area contributed by atoms with Gasteiger partial charge in [0.25, 0.3) is 0 Å². The van der Waals surface area contributed by atoms with Crippen molar-refractivity contribution < 1.29 is 10.0 Å². The first kappa shape index (κ1) is 25.6. The maximum atomic E-state index is 10.2. The molecule has 3 rings (SSSR count). The third-order valence-electron chi connectivity index (χ3n) is 6.14. The first-order valence-electron chi connectivity index (χ1n) is 11.2. The molecule has 35 heavy (non-hydrogen) atoms. The Morgan fingerprint density at radius 3 is 2.60 bits per heavy atom. The molecule has 1 saturated heterocycles. The van der Waals surface area contributed by atoms with E-state index in [4.69, 9.17) is 16.2 Å². The van der Waals surface area contributed by atoms with Gasteiger partial charge in [0.15, 0.2) is 0 Å². The third-order valence-corrected chi connectivity index (χ3v) is 6.14. The van der Waals surface area contributed by atoms with Gasteiger partial charge in [-0.1, -0.05) is 18.2 Å². The van der Waals surface area contributed by atoms with Gasteiger partial charge in [-0.15, -0.1) is 0 Å².